The molecule has 0 radical (unpaired) electrons. The van der Waals surface area contributed by atoms with Crippen molar-refractivity contribution in [3.05, 3.63) is 66.1 Å². The Hall–Kier alpha value is -2.32. The topological polar surface area (TPSA) is 54.7 Å². The van der Waals surface area contributed by atoms with Gasteiger partial charge >= 0.3 is 0 Å². The lowest BCUT2D eigenvalue weighted by atomic mass is 10.3. The first kappa shape index (κ1) is 16.5. The van der Waals surface area contributed by atoms with Gasteiger partial charge in [-0.25, -0.2) is 22.2 Å². The molecule has 126 valence electrons. The summed E-state index contributed by atoms with van der Waals surface area (Å²) in [5.74, 6) is -1.78. The lowest BCUT2D eigenvalue weighted by molar-refractivity contribution is 0.413. The first-order valence-electron chi connectivity index (χ1n) is 7.29. The van der Waals surface area contributed by atoms with Gasteiger partial charge in [-0.1, -0.05) is 13.0 Å². The smallest absolute Gasteiger partial charge is 0.246 e. The van der Waals surface area contributed by atoms with Gasteiger partial charge in [-0.3, -0.25) is 0 Å². The summed E-state index contributed by atoms with van der Waals surface area (Å²) in [6.45, 7) is 1.75. The van der Waals surface area contributed by atoms with Crippen LogP contribution in [-0.4, -0.2) is 28.7 Å². The first-order valence-corrected chi connectivity index (χ1v) is 8.73. The third-order valence-electron chi connectivity index (χ3n) is 3.70. The number of hydrogen-bond donors (Lipinski definition) is 0. The molecular weight excluding hydrogens is 336 g/mol. The molecule has 8 heteroatoms. The Kier molecular flexibility index (Phi) is 4.33. The third kappa shape index (κ3) is 2.90. The van der Waals surface area contributed by atoms with Crippen molar-refractivity contribution in [1.29, 1.82) is 0 Å². The minimum Gasteiger partial charge on any atom is -0.303 e. The van der Waals surface area contributed by atoms with Gasteiger partial charge in [0.15, 0.2) is 0 Å². The predicted molar refractivity (Wildman–Crippen MR) is 84.8 cm³/mol. The molecule has 3 aromatic rings. The lowest BCUT2D eigenvalue weighted by Crippen LogP contribution is -2.31. The number of fused-ring (bicyclic) bond motifs is 1. The van der Waals surface area contributed by atoms with Crippen LogP contribution >= 0.6 is 0 Å². The summed E-state index contributed by atoms with van der Waals surface area (Å²) < 4.78 is 55.5. The fourth-order valence-corrected chi connectivity index (χ4v) is 3.96. The summed E-state index contributed by atoms with van der Waals surface area (Å²) in [4.78, 5) is 3.53. The van der Waals surface area contributed by atoms with E-state index in [0.717, 1.165) is 16.4 Å². The van der Waals surface area contributed by atoms with Crippen molar-refractivity contribution in [1.82, 2.24) is 13.7 Å². The predicted octanol–water partition coefficient (Wildman–Crippen LogP) is 2.82. The highest BCUT2D eigenvalue weighted by Crippen LogP contribution is 2.22. The summed E-state index contributed by atoms with van der Waals surface area (Å²) >= 11 is 0. The van der Waals surface area contributed by atoms with Crippen molar-refractivity contribution < 1.29 is 17.2 Å². The molecule has 0 aliphatic rings. The molecule has 0 atom stereocenters. The number of benzene rings is 1. The first-order chi connectivity index (χ1) is 11.4. The lowest BCUT2D eigenvalue weighted by Gasteiger charge is -2.20. The Morgan fingerprint density at radius 1 is 1.21 bits per heavy atom. The van der Waals surface area contributed by atoms with E-state index in [9.17, 15) is 17.2 Å². The van der Waals surface area contributed by atoms with Crippen LogP contribution in [0.3, 0.4) is 0 Å². The van der Waals surface area contributed by atoms with Gasteiger partial charge in [0.05, 0.1) is 18.4 Å². The van der Waals surface area contributed by atoms with Gasteiger partial charge in [0.2, 0.25) is 10.0 Å². The van der Waals surface area contributed by atoms with Crippen LogP contribution in [0.15, 0.2) is 53.7 Å². The van der Waals surface area contributed by atoms with Crippen molar-refractivity contribution in [2.45, 2.75) is 18.4 Å². The number of imidazole rings is 1. The molecule has 0 aliphatic carbocycles. The van der Waals surface area contributed by atoms with Crippen molar-refractivity contribution in [2.75, 3.05) is 6.54 Å². The van der Waals surface area contributed by atoms with Gasteiger partial charge in [-0.15, -0.1) is 0 Å². The Bertz CT molecular complexity index is 986. The Balaban J connectivity index is 2.00. The van der Waals surface area contributed by atoms with Gasteiger partial charge in [-0.05, 0) is 30.3 Å². The molecule has 24 heavy (non-hydrogen) atoms. The summed E-state index contributed by atoms with van der Waals surface area (Å²) in [6, 6.07) is 7.81. The van der Waals surface area contributed by atoms with Crippen molar-refractivity contribution >= 4 is 15.7 Å². The van der Waals surface area contributed by atoms with Crippen molar-refractivity contribution in [3.63, 3.8) is 0 Å². The maximum atomic E-state index is 13.9. The molecule has 2 aromatic heterocycles. The molecule has 0 spiro atoms. The molecule has 0 bridgehead atoms. The van der Waals surface area contributed by atoms with E-state index >= 15 is 0 Å². The van der Waals surface area contributed by atoms with Crippen LogP contribution in [0.25, 0.3) is 5.65 Å². The molecule has 0 fully saturated rings. The van der Waals surface area contributed by atoms with Crippen molar-refractivity contribution in [3.8, 4) is 0 Å². The van der Waals surface area contributed by atoms with E-state index < -0.39 is 26.6 Å². The molecule has 5 nitrogen and oxygen atoms in total. The summed E-state index contributed by atoms with van der Waals surface area (Å²) in [6.07, 6.45) is 3.33. The van der Waals surface area contributed by atoms with E-state index in [2.05, 4.69) is 4.98 Å². The van der Waals surface area contributed by atoms with E-state index in [1.165, 1.54) is 0 Å². The average molecular weight is 351 g/mol. The standard InChI is InChI=1S/C16H15F2N3O2S/c1-2-20(11-13-10-19-16-5-3-4-8-21(13)16)24(22,23)15-9-12(17)6-7-14(15)18/h3-10H,2,11H2,1H3. The van der Waals surface area contributed by atoms with E-state index in [1.807, 2.05) is 6.07 Å². The van der Waals surface area contributed by atoms with Crippen LogP contribution in [0.2, 0.25) is 0 Å². The zero-order valence-corrected chi connectivity index (χ0v) is 13.7. The normalized spacial score (nSPS) is 12.2. The fraction of sp³-hybridized carbons (Fsp3) is 0.188. The number of nitrogens with zero attached hydrogens (tertiary/aromatic N) is 3. The summed E-state index contributed by atoms with van der Waals surface area (Å²) in [5, 5.41) is 0. The summed E-state index contributed by atoms with van der Waals surface area (Å²) in [5.41, 5.74) is 1.31. The minimum atomic E-state index is -4.17. The second-order valence-electron chi connectivity index (χ2n) is 5.18. The highest BCUT2D eigenvalue weighted by molar-refractivity contribution is 7.89. The fourth-order valence-electron chi connectivity index (χ4n) is 2.46. The van der Waals surface area contributed by atoms with Crippen molar-refractivity contribution in [2.24, 2.45) is 0 Å². The number of aromatic nitrogens is 2. The second kappa shape index (κ2) is 6.29. The number of rotatable bonds is 5. The van der Waals surface area contributed by atoms with Crippen LogP contribution in [0.1, 0.15) is 12.6 Å². The van der Waals surface area contributed by atoms with Crippen LogP contribution in [0.4, 0.5) is 8.78 Å². The molecule has 0 saturated heterocycles. The maximum absolute atomic E-state index is 13.9. The maximum Gasteiger partial charge on any atom is 0.246 e. The van der Waals surface area contributed by atoms with E-state index in [-0.39, 0.29) is 13.1 Å². The molecule has 0 N–H and O–H groups in total. The van der Waals surface area contributed by atoms with Gasteiger partial charge in [0.25, 0.3) is 0 Å². The third-order valence-corrected chi connectivity index (χ3v) is 5.63. The van der Waals surface area contributed by atoms with Crippen LogP contribution in [-0.2, 0) is 16.6 Å². The highest BCUT2D eigenvalue weighted by atomic mass is 32.2. The zero-order chi connectivity index (χ0) is 17.3. The molecular formula is C16H15F2N3O2S. The number of hydrogen-bond acceptors (Lipinski definition) is 3. The second-order valence-corrected chi connectivity index (χ2v) is 7.09. The van der Waals surface area contributed by atoms with Gasteiger partial charge in [-0.2, -0.15) is 4.31 Å². The van der Waals surface area contributed by atoms with E-state index in [1.54, 1.807) is 35.9 Å². The number of halogens is 2. The van der Waals surface area contributed by atoms with Gasteiger partial charge in [0.1, 0.15) is 22.2 Å². The molecule has 0 aliphatic heterocycles. The van der Waals surface area contributed by atoms with Crippen LogP contribution in [0, 0.1) is 11.6 Å². The SMILES string of the molecule is CCN(Cc1cnc2ccccn12)S(=O)(=O)c1cc(F)ccc1F. The van der Waals surface area contributed by atoms with E-state index in [0.29, 0.717) is 17.4 Å². The Labute approximate surface area is 138 Å². The van der Waals surface area contributed by atoms with Crippen LogP contribution < -0.4 is 0 Å². The average Bonchev–Trinajstić information content (AvgIpc) is 2.97. The summed E-state index contributed by atoms with van der Waals surface area (Å²) in [7, 11) is -4.17. The number of pyridine rings is 1. The van der Waals surface area contributed by atoms with Gasteiger partial charge in [0, 0.05) is 12.7 Å². The monoisotopic (exact) mass is 351 g/mol. The largest absolute Gasteiger partial charge is 0.303 e. The molecule has 0 unspecified atom stereocenters. The minimum absolute atomic E-state index is 0.0000331. The zero-order valence-electron chi connectivity index (χ0n) is 12.9. The molecule has 2 heterocycles. The quantitative estimate of drug-likeness (QED) is 0.710. The number of sulfonamides is 1. The highest BCUT2D eigenvalue weighted by Gasteiger charge is 2.27. The Morgan fingerprint density at radius 2 is 2.00 bits per heavy atom. The molecule has 1 aromatic carbocycles. The molecule has 0 saturated carbocycles. The Morgan fingerprint density at radius 3 is 2.75 bits per heavy atom. The van der Waals surface area contributed by atoms with Gasteiger partial charge < -0.3 is 4.40 Å². The molecule has 3 rings (SSSR count). The molecule has 0 amide bonds. The van der Waals surface area contributed by atoms with Crippen LogP contribution in [0.5, 0.6) is 0 Å². The van der Waals surface area contributed by atoms with E-state index in [4.69, 9.17) is 0 Å².